The molecule has 176 valence electrons. The fourth-order valence-corrected chi connectivity index (χ4v) is 3.91. The lowest BCUT2D eigenvalue weighted by molar-refractivity contribution is -0.357. The van der Waals surface area contributed by atoms with Crippen LogP contribution in [0.2, 0.25) is 0 Å². The molecule has 0 aliphatic carbocycles. The Kier molecular flexibility index (Phi) is 7.05. The Morgan fingerprint density at radius 3 is 2.29 bits per heavy atom. The van der Waals surface area contributed by atoms with Crippen LogP contribution in [-0.2, 0) is 16.9 Å². The van der Waals surface area contributed by atoms with Crippen LogP contribution in [0.3, 0.4) is 0 Å². The summed E-state index contributed by atoms with van der Waals surface area (Å²) in [5.74, 6) is 3.80. The zero-order valence-corrected chi connectivity index (χ0v) is 18.5. The van der Waals surface area contributed by atoms with Crippen LogP contribution in [0.25, 0.3) is 0 Å². The van der Waals surface area contributed by atoms with Gasteiger partial charge in [0.25, 0.3) is 0 Å². The fraction of sp³-hybridized carbons (Fsp3) is 0.308. The van der Waals surface area contributed by atoms with Gasteiger partial charge >= 0.3 is 0 Å². The van der Waals surface area contributed by atoms with E-state index in [-0.39, 0.29) is 5.56 Å². The van der Waals surface area contributed by atoms with Crippen LogP contribution in [0.5, 0.6) is 0 Å². The zero-order chi connectivity index (χ0) is 24.3. The molecule has 34 heavy (non-hydrogen) atoms. The van der Waals surface area contributed by atoms with Gasteiger partial charge in [-0.05, 0) is 48.2 Å². The van der Waals surface area contributed by atoms with Gasteiger partial charge in [0, 0.05) is 23.5 Å². The van der Waals surface area contributed by atoms with E-state index >= 15 is 0 Å². The Hall–Kier alpha value is -3.16. The molecule has 1 saturated heterocycles. The molecular weight excluding hydrogens is 436 g/mol. The van der Waals surface area contributed by atoms with Crippen molar-refractivity contribution < 1.29 is 30.3 Å². The van der Waals surface area contributed by atoms with Crippen molar-refractivity contribution in [3.05, 3.63) is 94.6 Å². The molecule has 3 aromatic rings. The first-order valence-electron chi connectivity index (χ1n) is 10.8. The SMILES string of the molecule is Cc1ccc([C@@]2(O)O[C@H](CO)[C@@H](O)[C@H](O)[C@H]2O)cc1Cc1ccc(C#Cc2cncnc2)cc1. The van der Waals surface area contributed by atoms with Crippen LogP contribution >= 0.6 is 0 Å². The van der Waals surface area contributed by atoms with Crippen molar-refractivity contribution in [1.29, 1.82) is 0 Å². The number of aryl methyl sites for hydroxylation is 1. The molecule has 0 bridgehead atoms. The van der Waals surface area contributed by atoms with Crippen LogP contribution in [0, 0.1) is 18.8 Å². The predicted molar refractivity (Wildman–Crippen MR) is 122 cm³/mol. The lowest BCUT2D eigenvalue weighted by Crippen LogP contribution is -2.63. The maximum atomic E-state index is 11.1. The second kappa shape index (κ2) is 9.99. The van der Waals surface area contributed by atoms with E-state index in [1.165, 1.54) is 6.33 Å². The number of aromatic nitrogens is 2. The van der Waals surface area contributed by atoms with E-state index in [0.29, 0.717) is 6.42 Å². The summed E-state index contributed by atoms with van der Waals surface area (Å²) in [6, 6.07) is 12.8. The molecule has 1 aromatic heterocycles. The van der Waals surface area contributed by atoms with E-state index in [4.69, 9.17) is 4.74 Å². The van der Waals surface area contributed by atoms with E-state index in [1.807, 2.05) is 31.2 Å². The molecule has 5 atom stereocenters. The second-order valence-electron chi connectivity index (χ2n) is 8.35. The summed E-state index contributed by atoms with van der Waals surface area (Å²) < 4.78 is 5.45. The minimum absolute atomic E-state index is 0.220. The Balaban J connectivity index is 1.55. The van der Waals surface area contributed by atoms with Crippen LogP contribution in [0.4, 0.5) is 0 Å². The van der Waals surface area contributed by atoms with E-state index in [9.17, 15) is 25.5 Å². The van der Waals surface area contributed by atoms with Crippen LogP contribution < -0.4 is 0 Å². The summed E-state index contributed by atoms with van der Waals surface area (Å²) in [6.07, 6.45) is -0.967. The van der Waals surface area contributed by atoms with Gasteiger partial charge in [-0.2, -0.15) is 0 Å². The molecule has 4 rings (SSSR count). The average Bonchev–Trinajstić information content (AvgIpc) is 2.86. The molecule has 0 saturated carbocycles. The van der Waals surface area contributed by atoms with Gasteiger partial charge in [0.1, 0.15) is 30.7 Å². The van der Waals surface area contributed by atoms with Gasteiger partial charge in [-0.25, -0.2) is 9.97 Å². The van der Waals surface area contributed by atoms with E-state index in [1.54, 1.807) is 30.6 Å². The highest BCUT2D eigenvalue weighted by atomic mass is 16.7. The molecule has 1 aliphatic rings. The monoisotopic (exact) mass is 462 g/mol. The van der Waals surface area contributed by atoms with E-state index < -0.39 is 36.8 Å². The lowest BCUT2D eigenvalue weighted by Gasteiger charge is -2.45. The van der Waals surface area contributed by atoms with E-state index in [0.717, 1.165) is 27.8 Å². The van der Waals surface area contributed by atoms with Crippen LogP contribution in [0.15, 0.2) is 61.2 Å². The normalized spacial score (nSPS) is 26.5. The number of rotatable bonds is 4. The maximum absolute atomic E-state index is 11.1. The largest absolute Gasteiger partial charge is 0.394 e. The molecule has 0 radical (unpaired) electrons. The highest BCUT2D eigenvalue weighted by Gasteiger charge is 2.53. The number of nitrogens with zero attached hydrogens (tertiary/aromatic N) is 2. The summed E-state index contributed by atoms with van der Waals surface area (Å²) in [6.45, 7) is 1.30. The van der Waals surface area contributed by atoms with Crippen molar-refractivity contribution in [3.63, 3.8) is 0 Å². The Morgan fingerprint density at radius 2 is 1.62 bits per heavy atom. The third kappa shape index (κ3) is 4.86. The first kappa shape index (κ1) is 24.0. The smallest absolute Gasteiger partial charge is 0.222 e. The third-order valence-electron chi connectivity index (χ3n) is 5.99. The molecule has 8 heteroatoms. The number of aliphatic hydroxyl groups is 5. The van der Waals surface area contributed by atoms with Crippen molar-refractivity contribution in [3.8, 4) is 11.8 Å². The summed E-state index contributed by atoms with van der Waals surface area (Å²) in [4.78, 5) is 7.88. The summed E-state index contributed by atoms with van der Waals surface area (Å²) in [5, 5.41) is 51.2. The highest BCUT2D eigenvalue weighted by molar-refractivity contribution is 5.43. The van der Waals surface area contributed by atoms with Gasteiger partial charge < -0.3 is 30.3 Å². The minimum Gasteiger partial charge on any atom is -0.394 e. The average molecular weight is 463 g/mol. The van der Waals surface area contributed by atoms with Crippen molar-refractivity contribution in [2.45, 2.75) is 43.5 Å². The molecular formula is C26H26N2O6. The van der Waals surface area contributed by atoms with Crippen molar-refractivity contribution >= 4 is 0 Å². The van der Waals surface area contributed by atoms with Crippen LogP contribution in [-0.4, -0.2) is 66.5 Å². The zero-order valence-electron chi connectivity index (χ0n) is 18.5. The topological polar surface area (TPSA) is 136 Å². The second-order valence-corrected chi connectivity index (χ2v) is 8.35. The minimum atomic E-state index is -2.28. The number of hydrogen-bond acceptors (Lipinski definition) is 8. The quantitative estimate of drug-likeness (QED) is 0.352. The number of benzene rings is 2. The Labute approximate surface area is 197 Å². The molecule has 0 amide bonds. The standard InChI is InChI=1S/C26H26N2O6/c1-16-2-9-21(26(33)25(32)24(31)23(30)22(14-29)34-26)11-20(16)10-18-6-3-17(4-7-18)5-8-19-12-27-15-28-13-19/h2-4,6-7,9,11-13,15,22-25,29-33H,10,14H2,1H3/t22-,23-,24+,25-,26-/m1/s1. The van der Waals surface area contributed by atoms with Gasteiger partial charge in [-0.15, -0.1) is 0 Å². The van der Waals surface area contributed by atoms with E-state index in [2.05, 4.69) is 21.8 Å². The van der Waals surface area contributed by atoms with Gasteiger partial charge in [-0.3, -0.25) is 0 Å². The van der Waals surface area contributed by atoms with Gasteiger partial charge in [0.05, 0.1) is 12.2 Å². The molecule has 0 unspecified atom stereocenters. The Morgan fingerprint density at radius 1 is 0.941 bits per heavy atom. The predicted octanol–water partition coefficient (Wildman–Crippen LogP) is 0.395. The lowest BCUT2D eigenvalue weighted by atomic mass is 9.86. The van der Waals surface area contributed by atoms with Crippen LogP contribution in [0.1, 0.15) is 33.4 Å². The molecule has 8 nitrogen and oxygen atoms in total. The fourth-order valence-electron chi connectivity index (χ4n) is 3.91. The Bertz CT molecular complexity index is 1190. The first-order chi connectivity index (χ1) is 16.3. The maximum Gasteiger partial charge on any atom is 0.222 e. The third-order valence-corrected chi connectivity index (χ3v) is 5.99. The summed E-state index contributed by atoms with van der Waals surface area (Å²) >= 11 is 0. The molecule has 2 aromatic carbocycles. The van der Waals surface area contributed by atoms with Gasteiger partial charge in [-0.1, -0.05) is 36.1 Å². The summed E-state index contributed by atoms with van der Waals surface area (Å²) in [7, 11) is 0. The number of ether oxygens (including phenoxy) is 1. The first-order valence-corrected chi connectivity index (χ1v) is 10.8. The molecule has 1 aliphatic heterocycles. The number of hydrogen-bond donors (Lipinski definition) is 5. The van der Waals surface area contributed by atoms with Crippen molar-refractivity contribution in [1.82, 2.24) is 9.97 Å². The number of aliphatic hydroxyl groups excluding tert-OH is 4. The molecule has 0 spiro atoms. The summed E-state index contributed by atoms with van der Waals surface area (Å²) in [5.41, 5.74) is 4.64. The molecule has 1 fully saturated rings. The molecule has 2 heterocycles. The van der Waals surface area contributed by atoms with Gasteiger partial charge in [0.15, 0.2) is 0 Å². The van der Waals surface area contributed by atoms with Crippen molar-refractivity contribution in [2.75, 3.05) is 6.61 Å². The van der Waals surface area contributed by atoms with Gasteiger partial charge in [0.2, 0.25) is 5.79 Å². The van der Waals surface area contributed by atoms with Crippen molar-refractivity contribution in [2.24, 2.45) is 0 Å². The highest BCUT2D eigenvalue weighted by Crippen LogP contribution is 2.37. The molecule has 5 N–H and O–H groups in total.